The van der Waals surface area contributed by atoms with E-state index in [4.69, 9.17) is 10.5 Å². The quantitative estimate of drug-likeness (QED) is 0.700. The Hall–Kier alpha value is -0.0800. The van der Waals surface area contributed by atoms with Crippen molar-refractivity contribution in [2.75, 3.05) is 13.2 Å². The van der Waals surface area contributed by atoms with Gasteiger partial charge in [0.15, 0.2) is 0 Å². The number of ether oxygens (including phenoxy) is 1. The summed E-state index contributed by atoms with van der Waals surface area (Å²) in [5, 5.41) is 0. The first-order valence-electron chi connectivity index (χ1n) is 5.07. The van der Waals surface area contributed by atoms with Crippen molar-refractivity contribution in [1.29, 1.82) is 0 Å². The Morgan fingerprint density at radius 2 is 2.33 bits per heavy atom. The Balaban J connectivity index is 2.21. The molecule has 0 spiro atoms. The van der Waals surface area contributed by atoms with Gasteiger partial charge in [0.05, 0.1) is 6.61 Å². The Bertz CT molecular complexity index is 121. The van der Waals surface area contributed by atoms with Gasteiger partial charge >= 0.3 is 0 Å². The van der Waals surface area contributed by atoms with Crippen molar-refractivity contribution in [1.82, 2.24) is 0 Å². The van der Waals surface area contributed by atoms with Crippen LogP contribution in [0.1, 0.15) is 33.1 Å². The van der Waals surface area contributed by atoms with Crippen molar-refractivity contribution in [3.05, 3.63) is 0 Å². The van der Waals surface area contributed by atoms with Gasteiger partial charge in [0.25, 0.3) is 0 Å². The molecule has 12 heavy (non-hydrogen) atoms. The summed E-state index contributed by atoms with van der Waals surface area (Å²) in [6.07, 6.45) is 3.56. The maximum absolute atomic E-state index is 6.08. The van der Waals surface area contributed by atoms with Crippen LogP contribution in [-0.4, -0.2) is 19.3 Å². The van der Waals surface area contributed by atoms with E-state index in [2.05, 4.69) is 13.8 Å². The van der Waals surface area contributed by atoms with E-state index in [9.17, 15) is 0 Å². The zero-order valence-corrected chi connectivity index (χ0v) is 8.25. The van der Waals surface area contributed by atoms with E-state index in [1.165, 1.54) is 6.42 Å². The van der Waals surface area contributed by atoms with Gasteiger partial charge < -0.3 is 10.5 Å². The molecule has 0 aromatic rings. The molecule has 2 N–H and O–H groups in total. The summed E-state index contributed by atoms with van der Waals surface area (Å²) in [5.41, 5.74) is 6.08. The lowest BCUT2D eigenvalue weighted by molar-refractivity contribution is 0.177. The molecule has 2 heteroatoms. The van der Waals surface area contributed by atoms with Crippen LogP contribution in [0.2, 0.25) is 0 Å². The van der Waals surface area contributed by atoms with Crippen LogP contribution in [0.5, 0.6) is 0 Å². The Morgan fingerprint density at radius 1 is 1.58 bits per heavy atom. The number of hydrogen-bond donors (Lipinski definition) is 1. The lowest BCUT2D eigenvalue weighted by Gasteiger charge is -2.20. The van der Waals surface area contributed by atoms with Gasteiger partial charge in [-0.05, 0) is 24.7 Å². The molecular formula is C10H21NO. The van der Waals surface area contributed by atoms with Gasteiger partial charge in [0.1, 0.15) is 0 Å². The minimum absolute atomic E-state index is 0.363. The largest absolute Gasteiger partial charge is 0.381 e. The molecule has 2 nitrogen and oxygen atoms in total. The fraction of sp³-hybridized carbons (Fsp3) is 1.00. The Kier molecular flexibility index (Phi) is 4.02. The standard InChI is InChI=1S/C10H21NO/c1-3-8(2)6-10(11)9-4-5-12-7-9/h8-10H,3-7,11H2,1-2H3. The van der Waals surface area contributed by atoms with E-state index >= 15 is 0 Å². The first kappa shape index (κ1) is 10.0. The smallest absolute Gasteiger partial charge is 0.0509 e. The lowest BCUT2D eigenvalue weighted by atomic mass is 9.90. The average molecular weight is 171 g/mol. The predicted octanol–water partition coefficient (Wildman–Crippen LogP) is 1.79. The number of rotatable bonds is 4. The molecule has 1 aliphatic rings. The molecule has 1 saturated heterocycles. The van der Waals surface area contributed by atoms with Gasteiger partial charge in [-0.25, -0.2) is 0 Å². The molecule has 0 aliphatic carbocycles. The van der Waals surface area contributed by atoms with Crippen LogP contribution < -0.4 is 5.73 Å². The van der Waals surface area contributed by atoms with E-state index in [0.29, 0.717) is 12.0 Å². The van der Waals surface area contributed by atoms with Crippen LogP contribution in [0.4, 0.5) is 0 Å². The summed E-state index contributed by atoms with van der Waals surface area (Å²) in [6, 6.07) is 0.363. The topological polar surface area (TPSA) is 35.2 Å². The van der Waals surface area contributed by atoms with Gasteiger partial charge in [0, 0.05) is 12.6 Å². The van der Waals surface area contributed by atoms with Gasteiger partial charge in [-0.1, -0.05) is 20.3 Å². The summed E-state index contributed by atoms with van der Waals surface area (Å²) in [5.74, 6) is 1.39. The highest BCUT2D eigenvalue weighted by Gasteiger charge is 2.23. The normalized spacial score (nSPS) is 28.8. The molecule has 1 fully saturated rings. The molecule has 0 amide bonds. The Morgan fingerprint density at radius 3 is 2.83 bits per heavy atom. The fourth-order valence-electron chi connectivity index (χ4n) is 1.71. The maximum atomic E-state index is 6.08. The molecule has 3 atom stereocenters. The number of nitrogens with two attached hydrogens (primary N) is 1. The highest BCUT2D eigenvalue weighted by Crippen LogP contribution is 2.21. The second-order valence-corrected chi connectivity index (χ2v) is 4.04. The number of hydrogen-bond acceptors (Lipinski definition) is 2. The summed E-state index contributed by atoms with van der Waals surface area (Å²) < 4.78 is 5.31. The van der Waals surface area contributed by atoms with Crippen LogP contribution in [-0.2, 0) is 4.74 Å². The third-order valence-electron chi connectivity index (χ3n) is 2.94. The molecule has 1 aliphatic heterocycles. The van der Waals surface area contributed by atoms with Crippen molar-refractivity contribution < 1.29 is 4.74 Å². The lowest BCUT2D eigenvalue weighted by Crippen LogP contribution is -2.32. The van der Waals surface area contributed by atoms with Gasteiger partial charge in [-0.3, -0.25) is 0 Å². The average Bonchev–Trinajstić information content (AvgIpc) is 2.56. The van der Waals surface area contributed by atoms with Gasteiger partial charge in [-0.15, -0.1) is 0 Å². The molecule has 3 unspecified atom stereocenters. The molecule has 0 bridgehead atoms. The van der Waals surface area contributed by atoms with Gasteiger partial charge in [-0.2, -0.15) is 0 Å². The molecule has 1 heterocycles. The van der Waals surface area contributed by atoms with Crippen LogP contribution >= 0.6 is 0 Å². The predicted molar refractivity (Wildman–Crippen MR) is 51.0 cm³/mol. The second kappa shape index (κ2) is 4.83. The van der Waals surface area contributed by atoms with Crippen molar-refractivity contribution >= 4 is 0 Å². The second-order valence-electron chi connectivity index (χ2n) is 4.04. The zero-order chi connectivity index (χ0) is 8.97. The van der Waals surface area contributed by atoms with Crippen LogP contribution in [0, 0.1) is 11.8 Å². The first-order valence-corrected chi connectivity index (χ1v) is 5.07. The van der Waals surface area contributed by atoms with E-state index in [0.717, 1.165) is 32.0 Å². The van der Waals surface area contributed by atoms with E-state index in [1.54, 1.807) is 0 Å². The minimum atomic E-state index is 0.363. The van der Waals surface area contributed by atoms with Crippen LogP contribution in [0.25, 0.3) is 0 Å². The molecule has 0 aromatic heterocycles. The molecule has 72 valence electrons. The van der Waals surface area contributed by atoms with E-state index in [1.807, 2.05) is 0 Å². The molecular weight excluding hydrogens is 150 g/mol. The summed E-state index contributed by atoms with van der Waals surface area (Å²) in [4.78, 5) is 0. The van der Waals surface area contributed by atoms with Crippen molar-refractivity contribution in [2.45, 2.75) is 39.2 Å². The fourth-order valence-corrected chi connectivity index (χ4v) is 1.71. The van der Waals surface area contributed by atoms with Crippen molar-refractivity contribution in [2.24, 2.45) is 17.6 Å². The van der Waals surface area contributed by atoms with Crippen LogP contribution in [0.3, 0.4) is 0 Å². The summed E-state index contributed by atoms with van der Waals surface area (Å²) in [6.45, 7) is 6.30. The zero-order valence-electron chi connectivity index (χ0n) is 8.25. The van der Waals surface area contributed by atoms with Crippen LogP contribution in [0.15, 0.2) is 0 Å². The van der Waals surface area contributed by atoms with E-state index < -0.39 is 0 Å². The SMILES string of the molecule is CCC(C)CC(N)C1CCOC1. The highest BCUT2D eigenvalue weighted by atomic mass is 16.5. The molecule has 0 aromatic carbocycles. The van der Waals surface area contributed by atoms with Crippen molar-refractivity contribution in [3.8, 4) is 0 Å². The minimum Gasteiger partial charge on any atom is -0.381 e. The van der Waals surface area contributed by atoms with Gasteiger partial charge in [0.2, 0.25) is 0 Å². The summed E-state index contributed by atoms with van der Waals surface area (Å²) in [7, 11) is 0. The molecule has 0 saturated carbocycles. The third kappa shape index (κ3) is 2.76. The third-order valence-corrected chi connectivity index (χ3v) is 2.94. The summed E-state index contributed by atoms with van der Waals surface area (Å²) >= 11 is 0. The maximum Gasteiger partial charge on any atom is 0.0509 e. The van der Waals surface area contributed by atoms with E-state index in [-0.39, 0.29) is 0 Å². The monoisotopic (exact) mass is 171 g/mol. The Labute approximate surface area is 75.5 Å². The van der Waals surface area contributed by atoms with Crippen molar-refractivity contribution in [3.63, 3.8) is 0 Å². The first-order chi connectivity index (χ1) is 5.74. The highest BCUT2D eigenvalue weighted by molar-refractivity contribution is 4.77. The molecule has 0 radical (unpaired) electrons. The molecule has 1 rings (SSSR count).